The Morgan fingerprint density at radius 2 is 1.85 bits per heavy atom. The van der Waals surface area contributed by atoms with Crippen molar-refractivity contribution in [3.05, 3.63) is 45.3 Å². The average molecular weight is 358 g/mol. The van der Waals surface area contributed by atoms with Crippen LogP contribution in [-0.2, 0) is 12.8 Å². The maximum Gasteiger partial charge on any atom is 0.339 e. The van der Waals surface area contributed by atoms with Gasteiger partial charge in [-0.05, 0) is 36.0 Å². The summed E-state index contributed by atoms with van der Waals surface area (Å²) in [5, 5.41) is 30.3. The fourth-order valence-corrected chi connectivity index (χ4v) is 3.46. The van der Waals surface area contributed by atoms with E-state index < -0.39 is 11.7 Å². The number of benzene rings is 1. The van der Waals surface area contributed by atoms with Crippen molar-refractivity contribution in [2.24, 2.45) is 5.92 Å². The monoisotopic (exact) mass is 358 g/mol. The third-order valence-corrected chi connectivity index (χ3v) is 4.62. The van der Waals surface area contributed by atoms with E-state index in [0.717, 1.165) is 12.5 Å². The van der Waals surface area contributed by atoms with Crippen LogP contribution in [0.3, 0.4) is 0 Å². The molecule has 3 N–H and O–H groups in total. The highest BCUT2D eigenvalue weighted by molar-refractivity contribution is 6.03. The van der Waals surface area contributed by atoms with Crippen molar-refractivity contribution in [1.29, 1.82) is 0 Å². The minimum atomic E-state index is -0.863. The van der Waals surface area contributed by atoms with Gasteiger partial charge in [-0.3, -0.25) is 4.79 Å². The molecule has 0 fully saturated rings. The van der Waals surface area contributed by atoms with Gasteiger partial charge in [0.05, 0.1) is 17.7 Å². The lowest BCUT2D eigenvalue weighted by Crippen LogP contribution is -2.25. The van der Waals surface area contributed by atoms with Gasteiger partial charge in [-0.2, -0.15) is 0 Å². The standard InChI is InChI=1S/C20H22O6/c1-10(2)3-4-11-5-15(23)20-14(6-12(21)7-16(20)24)19(11)17-8-13(22)9-18(25)26-17/h5,8-10,12,21-23H,3-4,6-7H2,1-2H3/t12-/m1/s1. The number of aliphatic hydroxyl groups is 1. The zero-order chi connectivity index (χ0) is 19.0. The van der Waals surface area contributed by atoms with Gasteiger partial charge in [-0.1, -0.05) is 13.8 Å². The number of phenols is 1. The third kappa shape index (κ3) is 3.51. The predicted octanol–water partition coefficient (Wildman–Crippen LogP) is 2.80. The molecule has 1 atom stereocenters. The molecule has 6 nitrogen and oxygen atoms in total. The van der Waals surface area contributed by atoms with Crippen LogP contribution in [0, 0.1) is 5.92 Å². The normalized spacial score (nSPS) is 16.8. The minimum absolute atomic E-state index is 0.0602. The molecule has 1 aromatic carbocycles. The van der Waals surface area contributed by atoms with Crippen LogP contribution in [0.1, 0.15) is 48.2 Å². The first-order valence-corrected chi connectivity index (χ1v) is 8.69. The Morgan fingerprint density at radius 3 is 2.50 bits per heavy atom. The number of aliphatic hydroxyl groups excluding tert-OH is 1. The smallest absolute Gasteiger partial charge is 0.339 e. The van der Waals surface area contributed by atoms with Crippen molar-refractivity contribution in [3.63, 3.8) is 0 Å². The number of hydrogen-bond donors (Lipinski definition) is 3. The zero-order valence-corrected chi connectivity index (χ0v) is 14.8. The Balaban J connectivity index is 2.28. The molecule has 0 bridgehead atoms. The van der Waals surface area contributed by atoms with E-state index in [1.54, 1.807) is 0 Å². The van der Waals surface area contributed by atoms with Crippen molar-refractivity contribution in [3.8, 4) is 22.8 Å². The summed E-state index contributed by atoms with van der Waals surface area (Å²) >= 11 is 0. The van der Waals surface area contributed by atoms with Gasteiger partial charge in [0.1, 0.15) is 17.3 Å². The lowest BCUT2D eigenvalue weighted by molar-refractivity contribution is 0.0850. The largest absolute Gasteiger partial charge is 0.508 e. The molecule has 0 radical (unpaired) electrons. The molecule has 6 heteroatoms. The van der Waals surface area contributed by atoms with Crippen LogP contribution in [0.2, 0.25) is 0 Å². The van der Waals surface area contributed by atoms with E-state index in [1.165, 1.54) is 12.1 Å². The van der Waals surface area contributed by atoms with Crippen molar-refractivity contribution in [1.82, 2.24) is 0 Å². The molecular formula is C20H22O6. The zero-order valence-electron chi connectivity index (χ0n) is 14.8. The first-order chi connectivity index (χ1) is 12.3. The molecule has 0 unspecified atom stereocenters. The minimum Gasteiger partial charge on any atom is -0.508 e. The van der Waals surface area contributed by atoms with Gasteiger partial charge in [0.15, 0.2) is 5.78 Å². The Morgan fingerprint density at radius 1 is 1.12 bits per heavy atom. The molecular weight excluding hydrogens is 336 g/mol. The summed E-state index contributed by atoms with van der Waals surface area (Å²) in [5.41, 5.74) is 1.12. The molecule has 1 aliphatic carbocycles. The van der Waals surface area contributed by atoms with Gasteiger partial charge >= 0.3 is 5.63 Å². The van der Waals surface area contributed by atoms with Crippen LogP contribution in [-0.4, -0.2) is 27.2 Å². The summed E-state index contributed by atoms with van der Waals surface area (Å²) in [6, 6.07) is 3.80. The molecule has 0 aliphatic heterocycles. The van der Waals surface area contributed by atoms with Crippen LogP contribution >= 0.6 is 0 Å². The molecule has 0 saturated heterocycles. The van der Waals surface area contributed by atoms with Crippen LogP contribution in [0.25, 0.3) is 11.3 Å². The first kappa shape index (κ1) is 18.2. The molecule has 1 aromatic heterocycles. The SMILES string of the molecule is CC(C)CCc1cc(O)c2c(c1-c1cc(O)cc(=O)o1)C[C@@H](O)CC2=O. The van der Waals surface area contributed by atoms with E-state index in [9.17, 15) is 24.9 Å². The van der Waals surface area contributed by atoms with Crippen LogP contribution in [0.15, 0.2) is 27.4 Å². The molecule has 2 aromatic rings. The van der Waals surface area contributed by atoms with Crippen LogP contribution in [0.5, 0.6) is 11.5 Å². The molecule has 3 rings (SSSR count). The van der Waals surface area contributed by atoms with Crippen LogP contribution in [0.4, 0.5) is 0 Å². The topological polar surface area (TPSA) is 108 Å². The van der Waals surface area contributed by atoms with Gasteiger partial charge in [0.2, 0.25) is 0 Å². The summed E-state index contributed by atoms with van der Waals surface area (Å²) < 4.78 is 5.28. The molecule has 0 saturated carbocycles. The number of hydrogen-bond acceptors (Lipinski definition) is 6. The second-order valence-corrected chi connectivity index (χ2v) is 7.20. The number of Topliss-reactive ketones (excluding diaryl/α,β-unsaturated/α-hetero) is 1. The average Bonchev–Trinajstić information content (AvgIpc) is 2.50. The number of fused-ring (bicyclic) bond motifs is 1. The third-order valence-electron chi connectivity index (χ3n) is 4.62. The first-order valence-electron chi connectivity index (χ1n) is 8.69. The number of ketones is 1. The fraction of sp³-hybridized carbons (Fsp3) is 0.400. The number of phenolic OH excluding ortho intramolecular Hbond substituents is 1. The van der Waals surface area contributed by atoms with E-state index in [2.05, 4.69) is 13.8 Å². The number of aromatic hydroxyl groups is 2. The second kappa shape index (κ2) is 6.96. The van der Waals surface area contributed by atoms with Gasteiger partial charge in [0, 0.05) is 24.5 Å². The molecule has 0 amide bonds. The number of aryl methyl sites for hydroxylation is 1. The second-order valence-electron chi connectivity index (χ2n) is 7.20. The Kier molecular flexibility index (Phi) is 4.87. The number of rotatable bonds is 4. The Labute approximate surface area is 150 Å². The van der Waals surface area contributed by atoms with E-state index in [1.807, 2.05) is 0 Å². The highest BCUT2D eigenvalue weighted by atomic mass is 16.4. The molecule has 26 heavy (non-hydrogen) atoms. The molecule has 1 heterocycles. The molecule has 138 valence electrons. The maximum atomic E-state index is 12.3. The van der Waals surface area contributed by atoms with Crippen molar-refractivity contribution in [2.75, 3.05) is 0 Å². The predicted molar refractivity (Wildman–Crippen MR) is 95.6 cm³/mol. The highest BCUT2D eigenvalue weighted by Gasteiger charge is 2.31. The fourth-order valence-electron chi connectivity index (χ4n) is 3.46. The summed E-state index contributed by atoms with van der Waals surface area (Å²) in [6.45, 7) is 4.14. The lowest BCUT2D eigenvalue weighted by atomic mass is 9.81. The quantitative estimate of drug-likeness (QED) is 0.776. The Bertz CT molecular complexity index is 909. The lowest BCUT2D eigenvalue weighted by Gasteiger charge is -2.25. The summed E-state index contributed by atoms with van der Waals surface area (Å²) in [6.07, 6.45) is 0.661. The summed E-state index contributed by atoms with van der Waals surface area (Å²) in [5.74, 6) is -0.177. The van der Waals surface area contributed by atoms with Crippen molar-refractivity contribution >= 4 is 5.78 Å². The van der Waals surface area contributed by atoms with Gasteiger partial charge in [0.25, 0.3) is 0 Å². The highest BCUT2D eigenvalue weighted by Crippen LogP contribution is 2.40. The van der Waals surface area contributed by atoms with Crippen molar-refractivity contribution in [2.45, 2.75) is 45.6 Å². The molecule has 0 spiro atoms. The van der Waals surface area contributed by atoms with Gasteiger partial charge in [-0.25, -0.2) is 4.79 Å². The van der Waals surface area contributed by atoms with Gasteiger partial charge < -0.3 is 19.7 Å². The maximum absolute atomic E-state index is 12.3. The van der Waals surface area contributed by atoms with E-state index in [-0.39, 0.29) is 41.4 Å². The molecule has 1 aliphatic rings. The summed E-state index contributed by atoms with van der Waals surface area (Å²) in [4.78, 5) is 24.1. The number of carbonyl (C=O) groups is 1. The summed E-state index contributed by atoms with van der Waals surface area (Å²) in [7, 11) is 0. The van der Waals surface area contributed by atoms with E-state index >= 15 is 0 Å². The van der Waals surface area contributed by atoms with Gasteiger partial charge in [-0.15, -0.1) is 0 Å². The van der Waals surface area contributed by atoms with Crippen LogP contribution < -0.4 is 5.63 Å². The van der Waals surface area contributed by atoms with E-state index in [4.69, 9.17) is 4.42 Å². The van der Waals surface area contributed by atoms with Crippen molar-refractivity contribution < 1.29 is 24.5 Å². The van der Waals surface area contributed by atoms with E-state index in [0.29, 0.717) is 29.0 Å². The Hall–Kier alpha value is -2.60. The number of carbonyl (C=O) groups excluding carboxylic acids is 1.